The smallest absolute Gasteiger partial charge is 0.228 e. The summed E-state index contributed by atoms with van der Waals surface area (Å²) in [7, 11) is 0. The van der Waals surface area contributed by atoms with Crippen LogP contribution in [0.2, 0.25) is 0 Å². The van der Waals surface area contributed by atoms with Crippen LogP contribution < -0.4 is 5.32 Å². The minimum absolute atomic E-state index is 0.0778. The predicted octanol–water partition coefficient (Wildman–Crippen LogP) is 3.60. The number of aromatic nitrogens is 4. The summed E-state index contributed by atoms with van der Waals surface area (Å²) >= 11 is 0. The van der Waals surface area contributed by atoms with E-state index in [0.717, 1.165) is 18.8 Å². The topological polar surface area (TPSA) is 72.7 Å². The van der Waals surface area contributed by atoms with Crippen LogP contribution in [0.3, 0.4) is 0 Å². The molecule has 1 amide bonds. The third-order valence-electron chi connectivity index (χ3n) is 4.83. The van der Waals surface area contributed by atoms with Crippen LogP contribution in [0, 0.1) is 11.8 Å². The Kier molecular flexibility index (Phi) is 5.56. The van der Waals surface area contributed by atoms with Gasteiger partial charge in [-0.25, -0.2) is 14.6 Å². The summed E-state index contributed by atoms with van der Waals surface area (Å²) in [5.41, 5.74) is 0. The molecule has 128 valence electrons. The third-order valence-corrected chi connectivity index (χ3v) is 4.83. The van der Waals surface area contributed by atoms with Gasteiger partial charge in [0.05, 0.1) is 0 Å². The van der Waals surface area contributed by atoms with Gasteiger partial charge in [-0.1, -0.05) is 26.2 Å². The molecule has 1 aliphatic rings. The highest BCUT2D eigenvalue weighted by molar-refractivity contribution is 5.91. The first kappa shape index (κ1) is 16.6. The lowest BCUT2D eigenvalue weighted by Gasteiger charge is -2.27. The van der Waals surface area contributed by atoms with Crippen molar-refractivity contribution in [1.82, 2.24) is 19.7 Å². The first-order chi connectivity index (χ1) is 11.8. The van der Waals surface area contributed by atoms with Crippen molar-refractivity contribution in [2.75, 3.05) is 5.32 Å². The number of carbonyl (C=O) groups is 1. The van der Waals surface area contributed by atoms with Crippen LogP contribution in [0.1, 0.15) is 51.9 Å². The highest BCUT2D eigenvalue weighted by Crippen LogP contribution is 2.32. The van der Waals surface area contributed by atoms with Gasteiger partial charge in [0.2, 0.25) is 5.91 Å². The van der Waals surface area contributed by atoms with Crippen molar-refractivity contribution in [2.24, 2.45) is 11.8 Å². The van der Waals surface area contributed by atoms with E-state index in [0.29, 0.717) is 11.6 Å². The van der Waals surface area contributed by atoms with Crippen molar-refractivity contribution in [3.63, 3.8) is 0 Å². The van der Waals surface area contributed by atoms with Gasteiger partial charge >= 0.3 is 0 Å². The number of hydrogen-bond acceptors (Lipinski definition) is 4. The zero-order chi connectivity index (χ0) is 16.8. The molecule has 1 saturated carbocycles. The van der Waals surface area contributed by atoms with Crippen LogP contribution in [0.5, 0.6) is 0 Å². The fraction of sp³-hybridized carbons (Fsp3) is 0.556. The van der Waals surface area contributed by atoms with Gasteiger partial charge in [0.15, 0.2) is 5.82 Å². The molecule has 0 unspecified atom stereocenters. The molecule has 1 aliphatic carbocycles. The summed E-state index contributed by atoms with van der Waals surface area (Å²) in [6.45, 7) is 2.23. The van der Waals surface area contributed by atoms with Gasteiger partial charge in [-0.15, -0.1) is 0 Å². The Bertz CT molecular complexity index is 647. The fourth-order valence-corrected chi connectivity index (χ4v) is 3.38. The second-order valence-corrected chi connectivity index (χ2v) is 6.56. The molecule has 2 aromatic rings. The Hall–Kier alpha value is -2.24. The molecule has 1 fully saturated rings. The summed E-state index contributed by atoms with van der Waals surface area (Å²) in [5.74, 6) is 2.17. The number of anilines is 1. The summed E-state index contributed by atoms with van der Waals surface area (Å²) in [6.07, 6.45) is 13.1. The molecule has 0 aliphatic heterocycles. The molecule has 6 heteroatoms. The lowest BCUT2D eigenvalue weighted by molar-refractivity contribution is -0.121. The molecule has 24 heavy (non-hydrogen) atoms. The number of hydrogen-bond donors (Lipinski definition) is 1. The summed E-state index contributed by atoms with van der Waals surface area (Å²) in [4.78, 5) is 20.8. The Balaban J connectivity index is 1.55. The number of unbranched alkanes of at least 4 members (excludes halogenated alkanes) is 1. The van der Waals surface area contributed by atoms with Crippen molar-refractivity contribution >= 4 is 11.7 Å². The average molecular weight is 327 g/mol. The normalized spacial score (nSPS) is 20.7. The van der Waals surface area contributed by atoms with Crippen molar-refractivity contribution in [1.29, 1.82) is 0 Å². The molecule has 6 nitrogen and oxygen atoms in total. The SMILES string of the molecule is CCCCC1CCC(C(=O)Nc2cc(-n3cccn3)ncn2)CC1. The van der Waals surface area contributed by atoms with E-state index in [4.69, 9.17) is 0 Å². The molecule has 3 rings (SSSR count). The molecule has 0 atom stereocenters. The highest BCUT2D eigenvalue weighted by Gasteiger charge is 2.26. The Morgan fingerprint density at radius 3 is 2.83 bits per heavy atom. The van der Waals surface area contributed by atoms with Crippen LogP contribution >= 0.6 is 0 Å². The Morgan fingerprint density at radius 2 is 2.12 bits per heavy atom. The molecule has 0 radical (unpaired) electrons. The predicted molar refractivity (Wildman–Crippen MR) is 92.8 cm³/mol. The number of nitrogens with zero attached hydrogens (tertiary/aromatic N) is 4. The van der Waals surface area contributed by atoms with E-state index in [1.165, 1.54) is 38.4 Å². The lowest BCUT2D eigenvalue weighted by atomic mass is 9.79. The van der Waals surface area contributed by atoms with Crippen LogP contribution in [0.4, 0.5) is 5.82 Å². The highest BCUT2D eigenvalue weighted by atomic mass is 16.1. The molecule has 2 aromatic heterocycles. The maximum Gasteiger partial charge on any atom is 0.228 e. The van der Waals surface area contributed by atoms with E-state index in [2.05, 4.69) is 27.3 Å². The molecule has 0 saturated heterocycles. The minimum atomic E-state index is 0.0778. The maximum atomic E-state index is 12.5. The van der Waals surface area contributed by atoms with Gasteiger partial charge in [0, 0.05) is 24.4 Å². The molecular formula is C18H25N5O. The van der Waals surface area contributed by atoms with Gasteiger partial charge < -0.3 is 5.32 Å². The summed E-state index contributed by atoms with van der Waals surface area (Å²) in [6, 6.07) is 3.58. The van der Waals surface area contributed by atoms with Gasteiger partial charge in [-0.2, -0.15) is 5.10 Å². The van der Waals surface area contributed by atoms with Gasteiger partial charge in [-0.05, 0) is 37.7 Å². The van der Waals surface area contributed by atoms with Gasteiger partial charge in [-0.3, -0.25) is 4.79 Å². The quantitative estimate of drug-likeness (QED) is 0.880. The van der Waals surface area contributed by atoms with Crippen LogP contribution in [0.25, 0.3) is 5.82 Å². The molecular weight excluding hydrogens is 302 g/mol. The number of rotatable bonds is 6. The lowest BCUT2D eigenvalue weighted by Crippen LogP contribution is -2.27. The summed E-state index contributed by atoms with van der Waals surface area (Å²) in [5, 5.41) is 7.08. The average Bonchev–Trinajstić information content (AvgIpc) is 3.15. The number of nitrogens with one attached hydrogen (secondary N) is 1. The van der Waals surface area contributed by atoms with Crippen molar-refractivity contribution < 1.29 is 4.79 Å². The third kappa shape index (κ3) is 4.19. The molecule has 0 aromatic carbocycles. The zero-order valence-electron chi connectivity index (χ0n) is 14.2. The Labute approximate surface area is 142 Å². The standard InChI is InChI=1S/C18H25N5O/c1-2-3-5-14-6-8-15(9-7-14)18(24)22-16-12-17(20-13-19-16)23-11-4-10-21-23/h4,10-15H,2-3,5-9H2,1H3,(H,19,20,22,24). The van der Waals surface area contributed by atoms with Crippen LogP contribution in [-0.4, -0.2) is 25.7 Å². The van der Waals surface area contributed by atoms with E-state index in [1.54, 1.807) is 16.9 Å². The summed E-state index contributed by atoms with van der Waals surface area (Å²) < 4.78 is 1.65. The molecule has 1 N–H and O–H groups in total. The maximum absolute atomic E-state index is 12.5. The monoisotopic (exact) mass is 327 g/mol. The van der Waals surface area contributed by atoms with Crippen molar-refractivity contribution in [3.05, 3.63) is 30.9 Å². The molecule has 0 spiro atoms. The first-order valence-corrected chi connectivity index (χ1v) is 8.89. The van der Waals surface area contributed by atoms with E-state index >= 15 is 0 Å². The van der Waals surface area contributed by atoms with E-state index in [9.17, 15) is 4.79 Å². The second kappa shape index (κ2) is 8.04. The van der Waals surface area contributed by atoms with E-state index < -0.39 is 0 Å². The largest absolute Gasteiger partial charge is 0.310 e. The van der Waals surface area contributed by atoms with Crippen molar-refractivity contribution in [3.8, 4) is 5.82 Å². The van der Waals surface area contributed by atoms with E-state index in [1.807, 2.05) is 12.3 Å². The zero-order valence-corrected chi connectivity index (χ0v) is 14.2. The fourth-order valence-electron chi connectivity index (χ4n) is 3.38. The van der Waals surface area contributed by atoms with Crippen LogP contribution in [0.15, 0.2) is 30.9 Å². The molecule has 2 heterocycles. The van der Waals surface area contributed by atoms with E-state index in [-0.39, 0.29) is 11.8 Å². The Morgan fingerprint density at radius 1 is 1.29 bits per heavy atom. The minimum Gasteiger partial charge on any atom is -0.310 e. The number of amides is 1. The second-order valence-electron chi connectivity index (χ2n) is 6.56. The first-order valence-electron chi connectivity index (χ1n) is 8.89. The number of carbonyl (C=O) groups excluding carboxylic acids is 1. The van der Waals surface area contributed by atoms with Crippen LogP contribution in [-0.2, 0) is 4.79 Å². The van der Waals surface area contributed by atoms with Crippen molar-refractivity contribution in [2.45, 2.75) is 51.9 Å². The van der Waals surface area contributed by atoms with Gasteiger partial charge in [0.1, 0.15) is 12.1 Å². The molecule has 0 bridgehead atoms. The van der Waals surface area contributed by atoms with Gasteiger partial charge in [0.25, 0.3) is 0 Å².